The first-order valence-electron chi connectivity index (χ1n) is 12.3. The second-order valence-electron chi connectivity index (χ2n) is 8.40. The predicted octanol–water partition coefficient (Wildman–Crippen LogP) is 12.4. The van der Waals surface area contributed by atoms with Crippen molar-refractivity contribution in [1.82, 2.24) is 0 Å². The van der Waals surface area contributed by atoms with Gasteiger partial charge in [-0.15, -0.1) is 91.5 Å². The lowest BCUT2D eigenvalue weighted by Gasteiger charge is -1.99. The minimum atomic E-state index is 0.574. The molecule has 0 radical (unpaired) electrons. The van der Waals surface area contributed by atoms with Crippen molar-refractivity contribution in [2.45, 2.75) is 22.6 Å². The molecule has 6 rings (SSSR count). The second-order valence-corrected chi connectivity index (χ2v) is 16.8. The summed E-state index contributed by atoms with van der Waals surface area (Å²) in [4.78, 5) is 15.6. The van der Waals surface area contributed by atoms with E-state index in [1.807, 2.05) is 45.3 Å². The van der Waals surface area contributed by atoms with Crippen LogP contribution in [0.15, 0.2) is 81.2 Å². The van der Waals surface area contributed by atoms with E-state index in [4.69, 9.17) is 10.5 Å². The number of thioether (sulfide) groups is 2. The fourth-order valence-electron chi connectivity index (χ4n) is 3.98. The Morgan fingerprint density at radius 2 is 0.800 bits per heavy atom. The van der Waals surface area contributed by atoms with Gasteiger partial charge in [0.1, 0.15) is 0 Å². The van der Waals surface area contributed by atoms with E-state index in [2.05, 4.69) is 83.6 Å². The first-order valence-corrected chi connectivity index (χ1v) is 19.3. The minimum Gasteiger partial charge on any atom is -0.198 e. The molecule has 6 aromatic rings. The lowest BCUT2D eigenvalue weighted by Crippen LogP contribution is -1.76. The van der Waals surface area contributed by atoms with Crippen molar-refractivity contribution in [3.8, 4) is 60.9 Å². The van der Waals surface area contributed by atoms with Crippen LogP contribution >= 0.6 is 91.5 Å². The quantitative estimate of drug-likeness (QED) is 0.102. The number of nitrogens with zero attached hydrogens (tertiary/aromatic N) is 2. The molecule has 0 unspecified atom stereocenters. The molecular formula is C30H20N2S8. The van der Waals surface area contributed by atoms with Crippen molar-refractivity contribution < 1.29 is 0 Å². The normalized spacial score (nSPS) is 11.1. The van der Waals surface area contributed by atoms with Gasteiger partial charge in [-0.3, -0.25) is 0 Å². The van der Waals surface area contributed by atoms with Crippen LogP contribution in [0.2, 0.25) is 0 Å². The van der Waals surface area contributed by atoms with Crippen molar-refractivity contribution in [1.29, 1.82) is 10.5 Å². The van der Waals surface area contributed by atoms with Crippen LogP contribution in [0.1, 0.15) is 12.8 Å². The Labute approximate surface area is 266 Å². The molecule has 0 saturated heterocycles. The number of nitriles is 2. The first-order chi connectivity index (χ1) is 19.7. The zero-order chi connectivity index (χ0) is 27.3. The van der Waals surface area contributed by atoms with Crippen LogP contribution in [0, 0.1) is 22.7 Å². The Morgan fingerprint density at radius 1 is 0.475 bits per heavy atom. The average Bonchev–Trinajstić information content (AvgIpc) is 3.80. The summed E-state index contributed by atoms with van der Waals surface area (Å²) < 4.78 is 0. The van der Waals surface area contributed by atoms with Gasteiger partial charge < -0.3 is 0 Å². The van der Waals surface area contributed by atoms with E-state index in [1.165, 1.54) is 58.6 Å². The highest BCUT2D eigenvalue weighted by Gasteiger charge is 2.15. The van der Waals surface area contributed by atoms with Crippen LogP contribution in [0.3, 0.4) is 0 Å². The van der Waals surface area contributed by atoms with Crippen LogP contribution < -0.4 is 0 Å². The molecule has 0 fully saturated rings. The fourth-order valence-corrected chi connectivity index (χ4v) is 12.7. The topological polar surface area (TPSA) is 47.6 Å². The Bertz CT molecular complexity index is 1680. The molecule has 0 amide bonds. The average molecular weight is 665 g/mol. The van der Waals surface area contributed by atoms with Crippen LogP contribution in [0.25, 0.3) is 48.8 Å². The van der Waals surface area contributed by atoms with Gasteiger partial charge in [0.25, 0.3) is 0 Å². The number of thiophene rings is 6. The molecule has 0 aromatic carbocycles. The third-order valence-electron chi connectivity index (χ3n) is 5.80. The van der Waals surface area contributed by atoms with Gasteiger partial charge in [-0.2, -0.15) is 10.5 Å². The third kappa shape index (κ3) is 6.20. The molecule has 0 spiro atoms. The number of hydrogen-bond donors (Lipinski definition) is 0. The zero-order valence-corrected chi connectivity index (χ0v) is 27.4. The zero-order valence-electron chi connectivity index (χ0n) is 20.9. The van der Waals surface area contributed by atoms with E-state index in [9.17, 15) is 0 Å². The molecule has 0 bridgehead atoms. The molecular weight excluding hydrogens is 645 g/mol. The van der Waals surface area contributed by atoms with Crippen molar-refractivity contribution in [3.05, 3.63) is 71.4 Å². The molecule has 0 saturated carbocycles. The molecule has 0 aliphatic heterocycles. The molecule has 198 valence electrons. The smallest absolute Gasteiger partial charge is 0.0630 e. The summed E-state index contributed by atoms with van der Waals surface area (Å²) >= 11 is 14.5. The van der Waals surface area contributed by atoms with Gasteiger partial charge in [-0.1, -0.05) is 0 Å². The Kier molecular flexibility index (Phi) is 9.28. The maximum atomic E-state index is 8.87. The fraction of sp³-hybridized carbons (Fsp3) is 0.133. The van der Waals surface area contributed by atoms with E-state index in [0.717, 1.165) is 11.5 Å². The van der Waals surface area contributed by atoms with E-state index < -0.39 is 0 Å². The van der Waals surface area contributed by atoms with Crippen LogP contribution in [0.4, 0.5) is 0 Å². The molecule has 0 aliphatic carbocycles. The molecule has 10 heteroatoms. The van der Waals surface area contributed by atoms with Gasteiger partial charge >= 0.3 is 0 Å². The van der Waals surface area contributed by atoms with Crippen molar-refractivity contribution in [2.75, 3.05) is 11.5 Å². The van der Waals surface area contributed by atoms with Crippen LogP contribution in [-0.2, 0) is 0 Å². The van der Waals surface area contributed by atoms with Crippen molar-refractivity contribution >= 4 is 91.5 Å². The summed E-state index contributed by atoms with van der Waals surface area (Å²) in [5.41, 5.74) is 0. The van der Waals surface area contributed by atoms with Gasteiger partial charge in [0.2, 0.25) is 0 Å². The highest BCUT2D eigenvalue weighted by molar-refractivity contribution is 7.99. The Morgan fingerprint density at radius 3 is 1.15 bits per heavy atom. The van der Waals surface area contributed by atoms with E-state index in [-0.39, 0.29) is 0 Å². The summed E-state index contributed by atoms with van der Waals surface area (Å²) in [7, 11) is 0. The Hall–Kier alpha value is -2.12. The van der Waals surface area contributed by atoms with Crippen molar-refractivity contribution in [3.63, 3.8) is 0 Å². The second kappa shape index (κ2) is 13.2. The third-order valence-corrected chi connectivity index (χ3v) is 15.3. The number of hydrogen-bond acceptors (Lipinski definition) is 10. The molecule has 6 heterocycles. The molecule has 6 aromatic heterocycles. The van der Waals surface area contributed by atoms with E-state index in [0.29, 0.717) is 12.8 Å². The molecule has 0 aliphatic rings. The highest BCUT2D eigenvalue weighted by atomic mass is 32.2. The SMILES string of the molecule is N#CCCSc1ccsc1-c1ccc(-c2ccc(-c3ccc(-c4ccc(-c5sccc5SCCC#N)s4)s3)s2)s1. The van der Waals surface area contributed by atoms with E-state index in [1.54, 1.807) is 46.2 Å². The lowest BCUT2D eigenvalue weighted by atomic mass is 10.3. The number of rotatable bonds is 11. The van der Waals surface area contributed by atoms with Gasteiger partial charge in [0, 0.05) is 73.2 Å². The van der Waals surface area contributed by atoms with Crippen LogP contribution in [-0.4, -0.2) is 11.5 Å². The Balaban J connectivity index is 1.17. The minimum absolute atomic E-state index is 0.574. The summed E-state index contributed by atoms with van der Waals surface area (Å²) in [6.45, 7) is 0. The van der Waals surface area contributed by atoms with Crippen molar-refractivity contribution in [2.24, 2.45) is 0 Å². The first kappa shape index (κ1) is 28.0. The summed E-state index contributed by atoms with van der Waals surface area (Å²) in [6.07, 6.45) is 1.15. The predicted molar refractivity (Wildman–Crippen MR) is 183 cm³/mol. The largest absolute Gasteiger partial charge is 0.198 e. The van der Waals surface area contributed by atoms with Gasteiger partial charge in [0.15, 0.2) is 0 Å². The molecule has 0 atom stereocenters. The summed E-state index contributed by atoms with van der Waals surface area (Å²) in [6, 6.07) is 26.8. The van der Waals surface area contributed by atoms with Gasteiger partial charge in [-0.25, -0.2) is 0 Å². The summed E-state index contributed by atoms with van der Waals surface area (Å²) in [5.74, 6) is 1.67. The maximum absolute atomic E-state index is 8.87. The molecule has 2 nitrogen and oxygen atoms in total. The van der Waals surface area contributed by atoms with E-state index >= 15 is 0 Å². The monoisotopic (exact) mass is 664 g/mol. The highest BCUT2D eigenvalue weighted by Crippen LogP contribution is 2.47. The lowest BCUT2D eigenvalue weighted by molar-refractivity contribution is 1.24. The molecule has 0 N–H and O–H groups in total. The molecule has 40 heavy (non-hydrogen) atoms. The van der Waals surface area contributed by atoms with Gasteiger partial charge in [-0.05, 0) is 71.4 Å². The van der Waals surface area contributed by atoms with Gasteiger partial charge in [0.05, 0.1) is 21.9 Å². The maximum Gasteiger partial charge on any atom is 0.0630 e. The standard InChI is InChI=1S/C30H20N2S8/c31-13-1-15-33-25-11-17-35-29(25)27-9-7-23(39-27)21-5-3-19(37-21)20-4-6-22(38-20)24-8-10-28(40-24)30-26(12-18-36-30)34-16-2-14-32/h3-12,17-18H,1-2,15-16H2. The summed E-state index contributed by atoms with van der Waals surface area (Å²) in [5, 5.41) is 22.0. The van der Waals surface area contributed by atoms with Crippen LogP contribution in [0.5, 0.6) is 0 Å².